The Morgan fingerprint density at radius 2 is 1.38 bits per heavy atom. The van der Waals surface area contributed by atoms with Crippen LogP contribution in [0.25, 0.3) is 0 Å². The molecular weight excluding hydrogens is 300 g/mol. The fraction of sp³-hybridized carbons (Fsp3) is 0.0556. The van der Waals surface area contributed by atoms with Gasteiger partial charge in [-0.2, -0.15) is 0 Å². The molecule has 0 saturated carbocycles. The van der Waals surface area contributed by atoms with Crippen molar-refractivity contribution in [3.05, 3.63) is 84.6 Å². The van der Waals surface area contributed by atoms with Gasteiger partial charge in [-0.25, -0.2) is 15.0 Å². The summed E-state index contributed by atoms with van der Waals surface area (Å²) in [4.78, 5) is 24.4. The van der Waals surface area contributed by atoms with Crippen LogP contribution in [0.15, 0.2) is 83.2 Å². The molecule has 0 radical (unpaired) electrons. The molecule has 0 unspecified atom stereocenters. The topological polar surface area (TPSA) is 66.6 Å². The molecular formula is C18H14N6. The molecule has 4 rings (SSSR count). The molecule has 6 nitrogen and oxygen atoms in total. The summed E-state index contributed by atoms with van der Waals surface area (Å²) in [6.07, 6.45) is 5.24. The van der Waals surface area contributed by atoms with Gasteiger partial charge in [-0.05, 0) is 36.4 Å². The van der Waals surface area contributed by atoms with E-state index in [1.165, 1.54) is 0 Å². The van der Waals surface area contributed by atoms with E-state index in [0.717, 1.165) is 17.2 Å². The Hall–Kier alpha value is -3.41. The first kappa shape index (κ1) is 14.2. The van der Waals surface area contributed by atoms with Gasteiger partial charge in [0.1, 0.15) is 23.9 Å². The number of rotatable bonds is 3. The van der Waals surface area contributed by atoms with E-state index >= 15 is 0 Å². The summed E-state index contributed by atoms with van der Waals surface area (Å²) in [7, 11) is 0. The molecule has 0 aliphatic carbocycles. The summed E-state index contributed by atoms with van der Waals surface area (Å²) in [6, 6.07) is 17.2. The first-order chi connectivity index (χ1) is 11.9. The monoisotopic (exact) mass is 314 g/mol. The van der Waals surface area contributed by atoms with Crippen molar-refractivity contribution in [3.63, 3.8) is 0 Å². The third kappa shape index (κ3) is 2.77. The number of nitrogens with zero attached hydrogens (tertiary/aromatic N) is 6. The Balaban J connectivity index is 1.79. The summed E-state index contributed by atoms with van der Waals surface area (Å²) in [5, 5.41) is 0. The molecule has 24 heavy (non-hydrogen) atoms. The smallest absolute Gasteiger partial charge is 0.177 e. The van der Waals surface area contributed by atoms with Crippen LogP contribution in [0.3, 0.4) is 0 Å². The van der Waals surface area contributed by atoms with Gasteiger partial charge in [-0.3, -0.25) is 14.9 Å². The SMILES string of the molecule is c1ccc(C2=NCN(c3ccccn3)C(c3ccccn3)=N2)nc1. The second-order valence-electron chi connectivity index (χ2n) is 5.10. The summed E-state index contributed by atoms with van der Waals surface area (Å²) in [5.41, 5.74) is 1.51. The number of hydrogen-bond donors (Lipinski definition) is 0. The van der Waals surface area contributed by atoms with Gasteiger partial charge in [0, 0.05) is 18.6 Å². The molecule has 6 heteroatoms. The van der Waals surface area contributed by atoms with Crippen LogP contribution in [-0.4, -0.2) is 33.3 Å². The molecule has 0 bridgehead atoms. The van der Waals surface area contributed by atoms with Gasteiger partial charge in [-0.1, -0.05) is 18.2 Å². The molecule has 1 aliphatic heterocycles. The lowest BCUT2D eigenvalue weighted by atomic mass is 10.2. The molecule has 4 heterocycles. The largest absolute Gasteiger partial charge is 0.289 e. The second kappa shape index (κ2) is 6.37. The lowest BCUT2D eigenvalue weighted by Crippen LogP contribution is -2.37. The minimum Gasteiger partial charge on any atom is -0.289 e. The molecule has 3 aromatic heterocycles. The van der Waals surface area contributed by atoms with Crippen LogP contribution in [0.2, 0.25) is 0 Å². The number of amidine groups is 2. The highest BCUT2D eigenvalue weighted by Gasteiger charge is 2.23. The predicted octanol–water partition coefficient (Wildman–Crippen LogP) is 2.54. The van der Waals surface area contributed by atoms with Gasteiger partial charge in [0.05, 0.1) is 0 Å². The maximum absolute atomic E-state index is 4.71. The van der Waals surface area contributed by atoms with Crippen molar-refractivity contribution < 1.29 is 0 Å². The molecule has 1 aliphatic rings. The molecule has 0 spiro atoms. The van der Waals surface area contributed by atoms with E-state index in [1.807, 2.05) is 59.5 Å². The lowest BCUT2D eigenvalue weighted by Gasteiger charge is -2.26. The van der Waals surface area contributed by atoms with Crippen molar-refractivity contribution in [1.82, 2.24) is 15.0 Å². The Labute approximate surface area is 139 Å². The van der Waals surface area contributed by atoms with Crippen LogP contribution in [0, 0.1) is 0 Å². The van der Waals surface area contributed by atoms with E-state index in [4.69, 9.17) is 4.99 Å². The summed E-state index contributed by atoms with van der Waals surface area (Å²) >= 11 is 0. The maximum atomic E-state index is 4.71. The van der Waals surface area contributed by atoms with Crippen LogP contribution >= 0.6 is 0 Å². The summed E-state index contributed by atoms with van der Waals surface area (Å²) in [5.74, 6) is 2.10. The summed E-state index contributed by atoms with van der Waals surface area (Å²) < 4.78 is 0. The molecule has 0 atom stereocenters. The Morgan fingerprint density at radius 3 is 2.00 bits per heavy atom. The minimum absolute atomic E-state index is 0.415. The van der Waals surface area contributed by atoms with Gasteiger partial charge >= 0.3 is 0 Å². The van der Waals surface area contributed by atoms with Gasteiger partial charge in [0.15, 0.2) is 11.7 Å². The van der Waals surface area contributed by atoms with Crippen LogP contribution in [0.5, 0.6) is 0 Å². The Bertz CT molecular complexity index is 875. The first-order valence-electron chi connectivity index (χ1n) is 7.56. The average Bonchev–Trinajstić information content (AvgIpc) is 2.69. The molecule has 0 amide bonds. The first-order valence-corrected chi connectivity index (χ1v) is 7.56. The molecule has 116 valence electrons. The van der Waals surface area contributed by atoms with Crippen molar-refractivity contribution in [2.24, 2.45) is 9.98 Å². The third-order valence-corrected chi connectivity index (χ3v) is 3.54. The van der Waals surface area contributed by atoms with Gasteiger partial charge in [-0.15, -0.1) is 0 Å². The fourth-order valence-corrected chi connectivity index (χ4v) is 2.42. The Morgan fingerprint density at radius 1 is 0.708 bits per heavy atom. The van der Waals surface area contributed by atoms with Crippen LogP contribution < -0.4 is 4.90 Å². The van der Waals surface area contributed by atoms with E-state index in [2.05, 4.69) is 19.9 Å². The number of aliphatic imine (C=N–C) groups is 2. The molecule has 0 saturated heterocycles. The van der Waals surface area contributed by atoms with Gasteiger partial charge < -0.3 is 0 Å². The van der Waals surface area contributed by atoms with Crippen molar-refractivity contribution >= 4 is 17.5 Å². The number of anilines is 1. The quantitative estimate of drug-likeness (QED) is 0.745. The highest BCUT2D eigenvalue weighted by atomic mass is 15.3. The van der Waals surface area contributed by atoms with Crippen molar-refractivity contribution in [1.29, 1.82) is 0 Å². The summed E-state index contributed by atoms with van der Waals surface area (Å²) in [6.45, 7) is 0.415. The van der Waals surface area contributed by atoms with Crippen molar-refractivity contribution in [3.8, 4) is 0 Å². The number of hydrogen-bond acceptors (Lipinski definition) is 6. The number of aromatic nitrogens is 3. The highest BCUT2D eigenvalue weighted by molar-refractivity contribution is 6.17. The zero-order valence-electron chi connectivity index (χ0n) is 12.8. The van der Waals surface area contributed by atoms with Crippen LogP contribution in [-0.2, 0) is 0 Å². The zero-order valence-corrected chi connectivity index (χ0v) is 12.8. The normalized spacial score (nSPS) is 14.1. The molecule has 0 fully saturated rings. The van der Waals surface area contributed by atoms with Crippen molar-refractivity contribution in [2.45, 2.75) is 0 Å². The van der Waals surface area contributed by atoms with Crippen molar-refractivity contribution in [2.75, 3.05) is 11.6 Å². The van der Waals surface area contributed by atoms with Gasteiger partial charge in [0.2, 0.25) is 0 Å². The Kier molecular flexibility index (Phi) is 3.77. The van der Waals surface area contributed by atoms with E-state index in [-0.39, 0.29) is 0 Å². The third-order valence-electron chi connectivity index (χ3n) is 3.54. The van der Waals surface area contributed by atoms with Crippen LogP contribution in [0.4, 0.5) is 5.82 Å². The molecule has 0 aromatic carbocycles. The van der Waals surface area contributed by atoms with E-state index in [9.17, 15) is 0 Å². The average molecular weight is 314 g/mol. The minimum atomic E-state index is 0.415. The van der Waals surface area contributed by atoms with E-state index < -0.39 is 0 Å². The highest BCUT2D eigenvalue weighted by Crippen LogP contribution is 2.18. The molecule has 3 aromatic rings. The lowest BCUT2D eigenvalue weighted by molar-refractivity contribution is 0.952. The fourth-order valence-electron chi connectivity index (χ4n) is 2.42. The molecule has 0 N–H and O–H groups in total. The number of pyridine rings is 3. The van der Waals surface area contributed by atoms with Crippen LogP contribution in [0.1, 0.15) is 11.4 Å². The van der Waals surface area contributed by atoms with Gasteiger partial charge in [0.25, 0.3) is 0 Å². The standard InChI is InChI=1S/C18H14N6/c1-4-10-19-14(7-1)17-22-13-24(16-9-3-6-12-21-16)18(23-17)15-8-2-5-11-20-15/h1-12H,13H2. The predicted molar refractivity (Wildman–Crippen MR) is 93.1 cm³/mol. The maximum Gasteiger partial charge on any atom is 0.177 e. The van der Waals surface area contributed by atoms with E-state index in [1.54, 1.807) is 18.6 Å². The van der Waals surface area contributed by atoms with E-state index in [0.29, 0.717) is 18.3 Å². The zero-order chi connectivity index (χ0) is 16.2. The second-order valence-corrected chi connectivity index (χ2v) is 5.10.